The summed E-state index contributed by atoms with van der Waals surface area (Å²) in [6, 6.07) is 6.08. The summed E-state index contributed by atoms with van der Waals surface area (Å²) in [6.07, 6.45) is 6.42. The molecule has 1 N–H and O–H groups in total. The molecule has 9 nitrogen and oxygen atoms in total. The van der Waals surface area contributed by atoms with E-state index >= 15 is 0 Å². The van der Waals surface area contributed by atoms with E-state index in [-0.39, 0.29) is 23.2 Å². The largest absolute Gasteiger partial charge is 0.358 e. The number of piperazine rings is 1. The first kappa shape index (κ1) is 22.5. The quantitative estimate of drug-likeness (QED) is 0.707. The van der Waals surface area contributed by atoms with Gasteiger partial charge in [-0.25, -0.2) is 18.9 Å². The molecule has 2 aliphatic carbocycles. The van der Waals surface area contributed by atoms with Crippen molar-refractivity contribution in [3.8, 4) is 0 Å². The van der Waals surface area contributed by atoms with Gasteiger partial charge in [0.25, 0.3) is 0 Å². The number of halogens is 1. The monoisotopic (exact) mass is 481 g/mol. The van der Waals surface area contributed by atoms with Gasteiger partial charge in [-0.1, -0.05) is 12.1 Å². The van der Waals surface area contributed by atoms with Crippen LogP contribution in [0.25, 0.3) is 0 Å². The first-order valence-electron chi connectivity index (χ1n) is 12.6. The third-order valence-electron chi connectivity index (χ3n) is 8.13. The lowest BCUT2D eigenvalue weighted by molar-refractivity contribution is -0.127. The Hall–Kier alpha value is -3.01. The van der Waals surface area contributed by atoms with Gasteiger partial charge >= 0.3 is 6.03 Å². The van der Waals surface area contributed by atoms with Gasteiger partial charge in [-0.2, -0.15) is 5.10 Å². The van der Waals surface area contributed by atoms with Crippen molar-refractivity contribution >= 4 is 11.9 Å². The van der Waals surface area contributed by atoms with Crippen molar-refractivity contribution in [1.29, 1.82) is 0 Å². The Bertz CT molecular complexity index is 1090. The molecule has 0 bridgehead atoms. The number of hydrogen-bond donors (Lipinski definition) is 1. The number of rotatable bonds is 5. The van der Waals surface area contributed by atoms with E-state index in [1.165, 1.54) is 25.0 Å². The average molecular weight is 482 g/mol. The zero-order valence-electron chi connectivity index (χ0n) is 20.1. The highest BCUT2D eigenvalue weighted by atomic mass is 19.1. The molecule has 10 heteroatoms. The number of carbonyl (C=O) groups excluding carboxylic acids is 2. The summed E-state index contributed by atoms with van der Waals surface area (Å²) in [5.41, 5.74) is 0.993. The first-order chi connectivity index (χ1) is 16.9. The molecule has 4 fully saturated rings. The Morgan fingerprint density at radius 2 is 1.74 bits per heavy atom. The van der Waals surface area contributed by atoms with Crippen molar-refractivity contribution in [3.05, 3.63) is 47.8 Å². The number of aromatic nitrogens is 3. The Labute approximate surface area is 204 Å². The molecular weight excluding hydrogens is 449 g/mol. The normalized spacial score (nSPS) is 23.0. The van der Waals surface area contributed by atoms with Gasteiger partial charge in [0, 0.05) is 57.6 Å². The van der Waals surface area contributed by atoms with Crippen molar-refractivity contribution < 1.29 is 14.0 Å². The number of nitrogens with one attached hydrogen (secondary N) is 1. The van der Waals surface area contributed by atoms with E-state index in [1.807, 2.05) is 20.8 Å². The Morgan fingerprint density at radius 1 is 1.06 bits per heavy atom. The predicted octanol–water partition coefficient (Wildman–Crippen LogP) is 2.16. The first-order valence-corrected chi connectivity index (χ1v) is 12.6. The van der Waals surface area contributed by atoms with Crippen LogP contribution in [0.1, 0.15) is 55.1 Å². The van der Waals surface area contributed by atoms with Gasteiger partial charge in [0.1, 0.15) is 18.2 Å². The second-order valence-corrected chi connectivity index (χ2v) is 10.6. The zero-order valence-corrected chi connectivity index (χ0v) is 20.1. The summed E-state index contributed by atoms with van der Waals surface area (Å²) in [6.45, 7) is 3.95. The predicted molar refractivity (Wildman–Crippen MR) is 126 cm³/mol. The zero-order chi connectivity index (χ0) is 24.2. The van der Waals surface area contributed by atoms with E-state index in [9.17, 15) is 14.0 Å². The molecule has 186 valence electrons. The van der Waals surface area contributed by atoms with E-state index in [0.717, 1.165) is 37.3 Å². The Morgan fingerprint density at radius 3 is 2.37 bits per heavy atom. The van der Waals surface area contributed by atoms with Crippen molar-refractivity contribution in [1.82, 2.24) is 34.8 Å². The van der Waals surface area contributed by atoms with Crippen LogP contribution < -0.4 is 5.32 Å². The summed E-state index contributed by atoms with van der Waals surface area (Å²) in [5, 5.41) is 7.40. The highest BCUT2D eigenvalue weighted by Crippen LogP contribution is 2.54. The summed E-state index contributed by atoms with van der Waals surface area (Å²) >= 11 is 0. The van der Waals surface area contributed by atoms with Crippen LogP contribution in [0.15, 0.2) is 30.6 Å². The standard InChI is InChI=1S/C25H32FN7O2/c1-27-23(34)21(17-4-6-19(26)7-5-17)30-8-10-31(11-9-30)24(35)32-14-25(15-32)12-20(13-25)33-16-28-22(29-33)18-2-3-18/h4-7,16,18,20-21H,2-3,8-15H2,1H3,(H,27,34)/t21-/m1/s1. The number of nitrogens with zero attached hydrogens (tertiary/aromatic N) is 6. The van der Waals surface area contributed by atoms with Crippen LogP contribution in [0, 0.1) is 11.2 Å². The number of hydrogen-bond acceptors (Lipinski definition) is 5. The SMILES string of the molecule is CNC(=O)[C@@H](c1ccc(F)cc1)N1CCN(C(=O)N2CC3(CC(n4cnc(C5CC5)n4)C3)C2)CC1. The highest BCUT2D eigenvalue weighted by molar-refractivity contribution is 5.83. The molecule has 2 aliphatic heterocycles. The van der Waals surface area contributed by atoms with Gasteiger partial charge in [0.15, 0.2) is 5.82 Å². The Kier molecular flexibility index (Phi) is 5.51. The molecule has 3 amide bonds. The molecule has 4 aliphatic rings. The lowest BCUT2D eigenvalue weighted by atomic mass is 9.61. The van der Waals surface area contributed by atoms with Gasteiger partial charge < -0.3 is 15.1 Å². The molecule has 35 heavy (non-hydrogen) atoms. The number of amides is 3. The molecule has 0 unspecified atom stereocenters. The molecule has 6 rings (SSSR count). The van der Waals surface area contributed by atoms with E-state index in [2.05, 4.69) is 20.3 Å². The van der Waals surface area contributed by atoms with Crippen LogP contribution in [0.4, 0.5) is 9.18 Å². The molecule has 2 aromatic rings. The molecular formula is C25H32FN7O2. The van der Waals surface area contributed by atoms with Crippen molar-refractivity contribution in [2.24, 2.45) is 5.41 Å². The number of likely N-dealkylation sites (N-methyl/N-ethyl adjacent to an activating group) is 1. The van der Waals surface area contributed by atoms with Gasteiger partial charge in [0.2, 0.25) is 5.91 Å². The highest BCUT2D eigenvalue weighted by Gasteiger charge is 2.55. The summed E-state index contributed by atoms with van der Waals surface area (Å²) in [5.74, 6) is 1.12. The fourth-order valence-electron chi connectivity index (χ4n) is 5.96. The van der Waals surface area contributed by atoms with E-state index in [0.29, 0.717) is 38.1 Å². The number of urea groups is 1. The van der Waals surface area contributed by atoms with Gasteiger partial charge in [-0.15, -0.1) is 0 Å². The van der Waals surface area contributed by atoms with Crippen LogP contribution in [0.3, 0.4) is 0 Å². The second-order valence-electron chi connectivity index (χ2n) is 10.6. The third-order valence-corrected chi connectivity index (χ3v) is 8.13. The maximum atomic E-state index is 13.4. The molecule has 1 aromatic heterocycles. The van der Waals surface area contributed by atoms with E-state index < -0.39 is 6.04 Å². The van der Waals surface area contributed by atoms with Gasteiger partial charge in [-0.05, 0) is 43.4 Å². The van der Waals surface area contributed by atoms with Crippen molar-refractivity contribution in [2.45, 2.75) is 43.7 Å². The maximum absolute atomic E-state index is 13.4. The molecule has 2 saturated carbocycles. The average Bonchev–Trinajstić information content (AvgIpc) is 3.56. The van der Waals surface area contributed by atoms with Crippen LogP contribution >= 0.6 is 0 Å². The van der Waals surface area contributed by atoms with Crippen molar-refractivity contribution in [2.75, 3.05) is 46.3 Å². The van der Waals surface area contributed by atoms with Crippen LogP contribution in [0.5, 0.6) is 0 Å². The smallest absolute Gasteiger partial charge is 0.320 e. The van der Waals surface area contributed by atoms with Gasteiger partial charge in [0.05, 0.1) is 6.04 Å². The molecule has 2 saturated heterocycles. The minimum Gasteiger partial charge on any atom is -0.358 e. The minimum absolute atomic E-state index is 0.0915. The summed E-state index contributed by atoms with van der Waals surface area (Å²) in [7, 11) is 1.61. The molecule has 3 heterocycles. The molecule has 1 spiro atoms. The number of benzene rings is 1. The van der Waals surface area contributed by atoms with Crippen molar-refractivity contribution in [3.63, 3.8) is 0 Å². The summed E-state index contributed by atoms with van der Waals surface area (Å²) in [4.78, 5) is 36.1. The Balaban J connectivity index is 0.999. The number of carbonyl (C=O) groups is 2. The lowest BCUT2D eigenvalue weighted by Crippen LogP contribution is -2.67. The summed E-state index contributed by atoms with van der Waals surface area (Å²) < 4.78 is 15.4. The van der Waals surface area contributed by atoms with E-state index in [1.54, 1.807) is 19.2 Å². The maximum Gasteiger partial charge on any atom is 0.320 e. The topological polar surface area (TPSA) is 86.6 Å². The number of likely N-dealkylation sites (tertiary alicyclic amines) is 1. The van der Waals surface area contributed by atoms with Crippen LogP contribution in [0.2, 0.25) is 0 Å². The second kappa shape index (κ2) is 8.58. The van der Waals surface area contributed by atoms with Gasteiger partial charge in [-0.3, -0.25) is 9.69 Å². The third kappa shape index (κ3) is 4.17. The molecule has 0 radical (unpaired) electrons. The lowest BCUT2D eigenvalue weighted by Gasteiger charge is -2.59. The van der Waals surface area contributed by atoms with Crippen LogP contribution in [-0.2, 0) is 4.79 Å². The minimum atomic E-state index is -0.491. The van der Waals surface area contributed by atoms with Crippen LogP contribution in [-0.4, -0.2) is 87.7 Å². The fourth-order valence-corrected chi connectivity index (χ4v) is 5.96. The fraction of sp³-hybridized carbons (Fsp3) is 0.600. The molecule has 1 aromatic carbocycles. The van der Waals surface area contributed by atoms with E-state index in [4.69, 9.17) is 0 Å². The molecule has 1 atom stereocenters.